The van der Waals surface area contributed by atoms with Crippen LogP contribution in [0.5, 0.6) is 5.75 Å². The van der Waals surface area contributed by atoms with Crippen LogP contribution in [0.25, 0.3) is 4.96 Å². The Balaban J connectivity index is 1.77. The van der Waals surface area contributed by atoms with Crippen LogP contribution in [-0.2, 0) is 12.5 Å². The molecule has 6 heteroatoms. The van der Waals surface area contributed by atoms with Crippen LogP contribution in [0.2, 0.25) is 0 Å². The third-order valence-electron chi connectivity index (χ3n) is 2.72. The van der Waals surface area contributed by atoms with Gasteiger partial charge in [-0.15, -0.1) is 22.9 Å². The molecule has 3 heterocycles. The van der Waals surface area contributed by atoms with Crippen LogP contribution in [0.4, 0.5) is 0 Å². The molecule has 0 radical (unpaired) electrons. The molecule has 0 aliphatic carbocycles. The Labute approximate surface area is 119 Å². The number of alkyl halides is 1. The van der Waals surface area contributed by atoms with E-state index in [0.717, 1.165) is 27.8 Å². The zero-order chi connectivity index (χ0) is 13.2. The first kappa shape index (κ1) is 12.4. The summed E-state index contributed by atoms with van der Waals surface area (Å²) in [5.41, 5.74) is 2.60. The van der Waals surface area contributed by atoms with Gasteiger partial charge in [-0.3, -0.25) is 9.38 Å². The summed E-state index contributed by atoms with van der Waals surface area (Å²) in [5, 5.41) is 2.00. The van der Waals surface area contributed by atoms with E-state index < -0.39 is 0 Å². The first-order valence-electron chi connectivity index (χ1n) is 5.82. The minimum atomic E-state index is 0.343. The average Bonchev–Trinajstić information content (AvgIpc) is 2.97. The highest BCUT2D eigenvalue weighted by atomic mass is 35.5. The van der Waals surface area contributed by atoms with Gasteiger partial charge in [0, 0.05) is 23.5 Å². The first-order chi connectivity index (χ1) is 9.26. The Hall–Kier alpha value is -1.59. The van der Waals surface area contributed by atoms with Crippen molar-refractivity contribution in [1.82, 2.24) is 14.4 Å². The number of imidazole rings is 1. The third kappa shape index (κ3) is 2.57. The lowest BCUT2D eigenvalue weighted by atomic mass is 10.3. The Bertz CT molecular complexity index is 678. The molecular formula is C13H12ClN3OS. The topological polar surface area (TPSA) is 39.4 Å². The number of pyridine rings is 1. The number of aromatic nitrogens is 3. The fraction of sp³-hybridized carbons (Fsp3) is 0.231. The van der Waals surface area contributed by atoms with Crippen LogP contribution in [0, 0.1) is 6.92 Å². The van der Waals surface area contributed by atoms with E-state index in [1.54, 1.807) is 11.3 Å². The van der Waals surface area contributed by atoms with Gasteiger partial charge in [0.15, 0.2) is 4.96 Å². The van der Waals surface area contributed by atoms with Crippen molar-refractivity contribution in [1.29, 1.82) is 0 Å². The summed E-state index contributed by atoms with van der Waals surface area (Å²) in [6, 6.07) is 3.82. The molecule has 0 aromatic carbocycles. The van der Waals surface area contributed by atoms with Gasteiger partial charge >= 0.3 is 0 Å². The summed E-state index contributed by atoms with van der Waals surface area (Å²) in [4.78, 5) is 9.79. The number of hydrogen-bond donors (Lipinski definition) is 0. The molecule has 0 aliphatic heterocycles. The van der Waals surface area contributed by atoms with Crippen LogP contribution in [0.1, 0.15) is 17.1 Å². The zero-order valence-electron chi connectivity index (χ0n) is 10.3. The minimum Gasteiger partial charge on any atom is -0.485 e. The molecule has 0 N–H and O–H groups in total. The SMILES string of the molecule is Cc1ccc(OCc2cn3ccsc3n2)c(CCl)n1. The van der Waals surface area contributed by atoms with E-state index in [9.17, 15) is 0 Å². The van der Waals surface area contributed by atoms with Gasteiger partial charge < -0.3 is 4.74 Å². The molecular weight excluding hydrogens is 282 g/mol. The molecule has 3 rings (SSSR count). The molecule has 0 unspecified atom stereocenters. The Kier molecular flexibility index (Phi) is 3.40. The molecule has 19 heavy (non-hydrogen) atoms. The van der Waals surface area contributed by atoms with Gasteiger partial charge in [-0.1, -0.05) is 0 Å². The maximum absolute atomic E-state index is 5.87. The van der Waals surface area contributed by atoms with Gasteiger partial charge in [0.1, 0.15) is 12.4 Å². The van der Waals surface area contributed by atoms with E-state index in [4.69, 9.17) is 16.3 Å². The highest BCUT2D eigenvalue weighted by Crippen LogP contribution is 2.20. The average molecular weight is 294 g/mol. The summed E-state index contributed by atoms with van der Waals surface area (Å²) in [6.45, 7) is 2.35. The lowest BCUT2D eigenvalue weighted by Crippen LogP contribution is -2.00. The van der Waals surface area contributed by atoms with E-state index in [1.807, 2.05) is 41.2 Å². The number of thiazole rings is 1. The predicted octanol–water partition coefficient (Wildman–Crippen LogP) is 3.42. The van der Waals surface area contributed by atoms with Gasteiger partial charge in [0.2, 0.25) is 0 Å². The van der Waals surface area contributed by atoms with Gasteiger partial charge in [0.25, 0.3) is 0 Å². The number of rotatable bonds is 4. The van der Waals surface area contributed by atoms with Crippen LogP contribution in [0.3, 0.4) is 0 Å². The molecule has 0 saturated heterocycles. The molecule has 0 aliphatic rings. The molecule has 3 aromatic heterocycles. The monoisotopic (exact) mass is 293 g/mol. The standard InChI is InChI=1S/C13H12ClN3OS/c1-9-2-3-12(11(6-14)15-9)18-8-10-7-17-4-5-19-13(17)16-10/h2-5,7H,6,8H2,1H3. The summed E-state index contributed by atoms with van der Waals surface area (Å²) in [7, 11) is 0. The largest absolute Gasteiger partial charge is 0.485 e. The van der Waals surface area contributed by atoms with Crippen LogP contribution < -0.4 is 4.74 Å². The summed E-state index contributed by atoms with van der Waals surface area (Å²) >= 11 is 7.47. The molecule has 0 saturated carbocycles. The van der Waals surface area contributed by atoms with Gasteiger partial charge in [-0.25, -0.2) is 4.98 Å². The second-order valence-corrected chi connectivity index (χ2v) is 5.29. The molecule has 0 atom stereocenters. The lowest BCUT2D eigenvalue weighted by Gasteiger charge is -2.08. The Morgan fingerprint density at radius 3 is 3.05 bits per heavy atom. The smallest absolute Gasteiger partial charge is 0.193 e. The van der Waals surface area contributed by atoms with E-state index in [2.05, 4.69) is 9.97 Å². The number of nitrogens with zero attached hydrogens (tertiary/aromatic N) is 3. The zero-order valence-corrected chi connectivity index (χ0v) is 11.9. The van der Waals surface area contributed by atoms with Gasteiger partial charge in [0.05, 0.1) is 17.3 Å². The molecule has 4 nitrogen and oxygen atoms in total. The predicted molar refractivity (Wildman–Crippen MR) is 75.9 cm³/mol. The molecule has 98 valence electrons. The first-order valence-corrected chi connectivity index (χ1v) is 7.24. The fourth-order valence-electron chi connectivity index (χ4n) is 1.82. The lowest BCUT2D eigenvalue weighted by molar-refractivity contribution is 0.298. The molecule has 0 spiro atoms. The second kappa shape index (κ2) is 5.19. The maximum atomic E-state index is 5.87. The second-order valence-electron chi connectivity index (χ2n) is 4.14. The summed E-state index contributed by atoms with van der Waals surface area (Å²) in [5.74, 6) is 1.06. The van der Waals surface area contributed by atoms with Gasteiger partial charge in [-0.05, 0) is 19.1 Å². The van der Waals surface area contributed by atoms with Crippen molar-refractivity contribution in [3.63, 3.8) is 0 Å². The summed E-state index contributed by atoms with van der Waals surface area (Å²) in [6.07, 6.45) is 3.95. The minimum absolute atomic E-state index is 0.343. The van der Waals surface area contributed by atoms with Crippen molar-refractivity contribution in [3.8, 4) is 5.75 Å². The number of aryl methyl sites for hydroxylation is 1. The molecule has 0 bridgehead atoms. The Morgan fingerprint density at radius 1 is 1.37 bits per heavy atom. The van der Waals surface area contributed by atoms with E-state index in [0.29, 0.717) is 12.5 Å². The molecule has 0 fully saturated rings. The number of fused-ring (bicyclic) bond motifs is 1. The molecule has 0 amide bonds. The van der Waals surface area contributed by atoms with Crippen molar-refractivity contribution in [2.45, 2.75) is 19.4 Å². The highest BCUT2D eigenvalue weighted by molar-refractivity contribution is 7.15. The van der Waals surface area contributed by atoms with Crippen molar-refractivity contribution in [2.75, 3.05) is 0 Å². The van der Waals surface area contributed by atoms with Crippen molar-refractivity contribution < 1.29 is 4.74 Å². The van der Waals surface area contributed by atoms with Crippen LogP contribution in [-0.4, -0.2) is 14.4 Å². The highest BCUT2D eigenvalue weighted by Gasteiger charge is 2.07. The maximum Gasteiger partial charge on any atom is 0.193 e. The number of ether oxygens (including phenoxy) is 1. The normalized spacial score (nSPS) is 11.1. The van der Waals surface area contributed by atoms with E-state index in [-0.39, 0.29) is 0 Å². The molecule has 3 aromatic rings. The van der Waals surface area contributed by atoms with Gasteiger partial charge in [-0.2, -0.15) is 0 Å². The van der Waals surface area contributed by atoms with E-state index in [1.165, 1.54) is 0 Å². The number of halogens is 1. The summed E-state index contributed by atoms with van der Waals surface area (Å²) < 4.78 is 7.74. The van der Waals surface area contributed by atoms with Crippen molar-refractivity contribution in [3.05, 3.63) is 47.0 Å². The Morgan fingerprint density at radius 2 is 2.26 bits per heavy atom. The fourth-order valence-corrected chi connectivity index (χ4v) is 2.73. The van der Waals surface area contributed by atoms with Crippen LogP contribution in [0.15, 0.2) is 29.9 Å². The third-order valence-corrected chi connectivity index (χ3v) is 3.74. The van der Waals surface area contributed by atoms with Crippen LogP contribution >= 0.6 is 22.9 Å². The van der Waals surface area contributed by atoms with Crippen molar-refractivity contribution in [2.24, 2.45) is 0 Å². The quantitative estimate of drug-likeness (QED) is 0.692. The van der Waals surface area contributed by atoms with Crippen molar-refractivity contribution >= 4 is 27.9 Å². The van der Waals surface area contributed by atoms with E-state index >= 15 is 0 Å². The number of hydrogen-bond acceptors (Lipinski definition) is 4.